The number of carbonyl (C=O) groups is 3. The van der Waals surface area contributed by atoms with Crippen LogP contribution in [0.4, 0.5) is 9.52 Å². The van der Waals surface area contributed by atoms with E-state index in [2.05, 4.69) is 4.98 Å². The van der Waals surface area contributed by atoms with Crippen molar-refractivity contribution >= 4 is 39.9 Å². The highest BCUT2D eigenvalue weighted by atomic mass is 32.1. The number of aliphatic hydroxyl groups excluding tert-OH is 1. The standard InChI is InChI=1S/C26H23FN2O7S/c1-5-36-25(34)23-13(3)28-26(37-23)29-20(14-8-9-17(30)18(11-14)35-4)19(22(32)24(29)33)21(31)15-7-6-12(2)16(27)10-15/h6-11,20,30-31H,5H2,1-4H3. The molecule has 0 spiro atoms. The van der Waals surface area contributed by atoms with Gasteiger partial charge in [-0.25, -0.2) is 14.2 Å². The predicted molar refractivity (Wildman–Crippen MR) is 133 cm³/mol. The van der Waals surface area contributed by atoms with Crippen molar-refractivity contribution in [1.29, 1.82) is 0 Å². The molecule has 0 aliphatic carbocycles. The van der Waals surface area contributed by atoms with Crippen LogP contribution in [0.15, 0.2) is 42.0 Å². The zero-order valence-electron chi connectivity index (χ0n) is 20.4. The molecule has 11 heteroatoms. The van der Waals surface area contributed by atoms with Crippen molar-refractivity contribution in [1.82, 2.24) is 4.98 Å². The molecule has 2 aromatic carbocycles. The topological polar surface area (TPSA) is 126 Å². The molecular weight excluding hydrogens is 503 g/mol. The SMILES string of the molecule is CCOC(=O)c1sc(N2C(=O)C(=O)C(=C(O)c3ccc(C)c(F)c3)C2c2ccc(O)c(OC)c2)nc1C. The van der Waals surface area contributed by atoms with E-state index in [-0.39, 0.29) is 39.3 Å². The number of methoxy groups -OCH3 is 1. The Morgan fingerprint density at radius 2 is 1.92 bits per heavy atom. The van der Waals surface area contributed by atoms with Crippen molar-refractivity contribution in [2.24, 2.45) is 0 Å². The number of aromatic hydroxyl groups is 1. The predicted octanol–water partition coefficient (Wildman–Crippen LogP) is 4.42. The Morgan fingerprint density at radius 1 is 1.19 bits per heavy atom. The minimum absolute atomic E-state index is 0.000578. The molecule has 192 valence electrons. The van der Waals surface area contributed by atoms with E-state index < -0.39 is 35.3 Å². The maximum Gasteiger partial charge on any atom is 0.350 e. The van der Waals surface area contributed by atoms with Gasteiger partial charge in [0.25, 0.3) is 5.78 Å². The first-order valence-corrected chi connectivity index (χ1v) is 12.0. The maximum atomic E-state index is 14.3. The molecule has 1 fully saturated rings. The fourth-order valence-electron chi connectivity index (χ4n) is 3.98. The number of halogens is 1. The van der Waals surface area contributed by atoms with Gasteiger partial charge in [-0.3, -0.25) is 14.5 Å². The molecule has 0 bridgehead atoms. The maximum absolute atomic E-state index is 14.3. The number of thiazole rings is 1. The molecule has 1 unspecified atom stereocenters. The van der Waals surface area contributed by atoms with Crippen LogP contribution in [0, 0.1) is 19.7 Å². The Labute approximate surface area is 215 Å². The van der Waals surface area contributed by atoms with Gasteiger partial charge in [-0.15, -0.1) is 0 Å². The highest BCUT2D eigenvalue weighted by Crippen LogP contribution is 2.45. The monoisotopic (exact) mass is 526 g/mol. The summed E-state index contributed by atoms with van der Waals surface area (Å²) in [5.74, 6) is -3.97. The zero-order chi connectivity index (χ0) is 27.0. The van der Waals surface area contributed by atoms with E-state index in [0.717, 1.165) is 22.3 Å². The van der Waals surface area contributed by atoms with Gasteiger partial charge in [0.15, 0.2) is 16.6 Å². The van der Waals surface area contributed by atoms with E-state index in [1.165, 1.54) is 37.4 Å². The Bertz CT molecular complexity index is 1460. The number of hydrogen-bond donors (Lipinski definition) is 2. The smallest absolute Gasteiger partial charge is 0.350 e. The average Bonchev–Trinajstić information content (AvgIpc) is 3.37. The number of Topliss-reactive ketones (excluding diaryl/α,β-unsaturated/α-hetero) is 1. The number of ether oxygens (including phenoxy) is 2. The molecule has 1 aromatic heterocycles. The summed E-state index contributed by atoms with van der Waals surface area (Å²) in [5.41, 5.74) is 0.615. The van der Waals surface area contributed by atoms with Crippen LogP contribution >= 0.6 is 11.3 Å². The third kappa shape index (κ3) is 4.53. The minimum atomic E-state index is -1.22. The molecule has 3 aromatic rings. The number of hydrogen-bond acceptors (Lipinski definition) is 9. The van der Waals surface area contributed by atoms with Crippen LogP contribution in [0.3, 0.4) is 0 Å². The summed E-state index contributed by atoms with van der Waals surface area (Å²) in [6.45, 7) is 4.90. The van der Waals surface area contributed by atoms with Gasteiger partial charge in [-0.1, -0.05) is 29.5 Å². The summed E-state index contributed by atoms with van der Waals surface area (Å²) < 4.78 is 24.5. The van der Waals surface area contributed by atoms with Crippen molar-refractivity contribution in [2.75, 3.05) is 18.6 Å². The number of phenols is 1. The second-order valence-electron chi connectivity index (χ2n) is 8.20. The number of aromatic nitrogens is 1. The summed E-state index contributed by atoms with van der Waals surface area (Å²) in [5, 5.41) is 21.3. The van der Waals surface area contributed by atoms with E-state index in [1.54, 1.807) is 20.8 Å². The van der Waals surface area contributed by atoms with Crippen LogP contribution in [0.1, 0.15) is 45.0 Å². The quantitative estimate of drug-likeness (QED) is 0.209. The largest absolute Gasteiger partial charge is 0.507 e. The van der Waals surface area contributed by atoms with Gasteiger partial charge < -0.3 is 19.7 Å². The number of carbonyl (C=O) groups excluding carboxylic acids is 3. The van der Waals surface area contributed by atoms with Crippen LogP contribution in [-0.2, 0) is 14.3 Å². The van der Waals surface area contributed by atoms with Crippen LogP contribution in [0.2, 0.25) is 0 Å². The van der Waals surface area contributed by atoms with Crippen LogP contribution in [0.25, 0.3) is 5.76 Å². The molecule has 1 atom stereocenters. The number of nitrogens with zero attached hydrogens (tertiary/aromatic N) is 2. The molecule has 4 rings (SSSR count). The van der Waals surface area contributed by atoms with Crippen LogP contribution in [-0.4, -0.2) is 46.6 Å². The molecule has 1 saturated heterocycles. The summed E-state index contributed by atoms with van der Waals surface area (Å²) in [7, 11) is 1.33. The second-order valence-corrected chi connectivity index (χ2v) is 9.17. The molecule has 0 radical (unpaired) electrons. The number of aryl methyl sites for hydroxylation is 2. The lowest BCUT2D eigenvalue weighted by Gasteiger charge is -2.23. The molecular formula is C26H23FN2O7S. The lowest BCUT2D eigenvalue weighted by molar-refractivity contribution is -0.132. The highest BCUT2D eigenvalue weighted by Gasteiger charge is 2.48. The van der Waals surface area contributed by atoms with Gasteiger partial charge in [0, 0.05) is 5.56 Å². The molecule has 1 aliphatic heterocycles. The minimum Gasteiger partial charge on any atom is -0.507 e. The summed E-state index contributed by atoms with van der Waals surface area (Å²) in [4.78, 5) is 44.5. The van der Waals surface area contributed by atoms with Crippen LogP contribution in [0.5, 0.6) is 11.5 Å². The van der Waals surface area contributed by atoms with Gasteiger partial charge in [0.05, 0.1) is 31.0 Å². The van der Waals surface area contributed by atoms with E-state index in [1.807, 2.05) is 0 Å². The third-order valence-electron chi connectivity index (χ3n) is 5.86. The first-order valence-electron chi connectivity index (χ1n) is 11.2. The fraction of sp³-hybridized carbons (Fsp3) is 0.231. The molecule has 1 aliphatic rings. The van der Waals surface area contributed by atoms with Crippen molar-refractivity contribution < 1.29 is 38.5 Å². The first-order chi connectivity index (χ1) is 17.6. The molecule has 2 heterocycles. The van der Waals surface area contributed by atoms with Gasteiger partial charge in [-0.05, 0) is 50.1 Å². The van der Waals surface area contributed by atoms with Crippen molar-refractivity contribution in [3.63, 3.8) is 0 Å². The van der Waals surface area contributed by atoms with Gasteiger partial charge in [-0.2, -0.15) is 0 Å². The van der Waals surface area contributed by atoms with Gasteiger partial charge in [0.1, 0.15) is 16.5 Å². The van der Waals surface area contributed by atoms with Crippen LogP contribution < -0.4 is 9.64 Å². The number of anilines is 1. The summed E-state index contributed by atoms with van der Waals surface area (Å²) in [6, 6.07) is 6.90. The van der Waals surface area contributed by atoms with E-state index in [0.29, 0.717) is 16.8 Å². The van der Waals surface area contributed by atoms with E-state index in [9.17, 15) is 29.0 Å². The molecule has 1 amide bonds. The number of aliphatic hydroxyl groups is 1. The number of rotatable bonds is 6. The molecule has 0 saturated carbocycles. The Morgan fingerprint density at radius 3 is 2.57 bits per heavy atom. The summed E-state index contributed by atoms with van der Waals surface area (Å²) >= 11 is 0.858. The number of phenolic OH excluding ortho intramolecular Hbond substituents is 1. The van der Waals surface area contributed by atoms with E-state index in [4.69, 9.17) is 9.47 Å². The zero-order valence-corrected chi connectivity index (χ0v) is 21.2. The lowest BCUT2D eigenvalue weighted by Crippen LogP contribution is -2.29. The Balaban J connectivity index is 1.95. The summed E-state index contributed by atoms with van der Waals surface area (Å²) in [6.07, 6.45) is 0. The number of benzene rings is 2. The van der Waals surface area contributed by atoms with Gasteiger partial charge >= 0.3 is 11.9 Å². The molecule has 2 N–H and O–H groups in total. The van der Waals surface area contributed by atoms with Crippen molar-refractivity contribution in [3.8, 4) is 11.5 Å². The average molecular weight is 527 g/mol. The number of esters is 1. The van der Waals surface area contributed by atoms with Gasteiger partial charge in [0.2, 0.25) is 0 Å². The highest BCUT2D eigenvalue weighted by molar-refractivity contribution is 7.17. The number of ketones is 1. The molecule has 9 nitrogen and oxygen atoms in total. The first kappa shape index (κ1) is 25.8. The van der Waals surface area contributed by atoms with E-state index >= 15 is 0 Å². The number of amides is 1. The molecule has 37 heavy (non-hydrogen) atoms. The lowest BCUT2D eigenvalue weighted by atomic mass is 9.95. The normalized spacial score (nSPS) is 16.8. The third-order valence-corrected chi connectivity index (χ3v) is 7.00. The fourth-order valence-corrected chi connectivity index (χ4v) is 4.96. The Kier molecular flexibility index (Phi) is 6.99. The van der Waals surface area contributed by atoms with Crippen molar-refractivity contribution in [2.45, 2.75) is 26.8 Å². The second kappa shape index (κ2) is 10.0. The Hall–Kier alpha value is -4.25. The van der Waals surface area contributed by atoms with Crippen molar-refractivity contribution in [3.05, 3.63) is 75.0 Å².